The van der Waals surface area contributed by atoms with Gasteiger partial charge in [0.25, 0.3) is 0 Å². The van der Waals surface area contributed by atoms with E-state index in [0.717, 1.165) is 30.2 Å². The molecule has 0 aliphatic carbocycles. The molecule has 3 aromatic rings. The van der Waals surface area contributed by atoms with Crippen LogP contribution in [-0.4, -0.2) is 16.4 Å². The summed E-state index contributed by atoms with van der Waals surface area (Å²) in [5.41, 5.74) is 3.31. The number of para-hydroxylation sites is 1. The highest BCUT2D eigenvalue weighted by Gasteiger charge is 2.34. The third-order valence-corrected chi connectivity index (χ3v) is 5.16. The van der Waals surface area contributed by atoms with E-state index >= 15 is 0 Å². The molecule has 0 saturated heterocycles. The van der Waals surface area contributed by atoms with Crippen molar-refractivity contribution < 1.29 is 13.2 Å². The van der Waals surface area contributed by atoms with Crippen molar-refractivity contribution in [1.82, 2.24) is 9.88 Å². The quantitative estimate of drug-likeness (QED) is 0.668. The SMILES string of the molecule is CC1c2[nH]c3ccccc3c2CCN1Cc1ccccc1C(F)(F)F. The Bertz CT molecular complexity index is 911. The van der Waals surface area contributed by atoms with Crippen LogP contribution in [0, 0.1) is 0 Å². The van der Waals surface area contributed by atoms with Crippen LogP contribution in [0.5, 0.6) is 0 Å². The molecule has 1 N–H and O–H groups in total. The molecule has 5 heteroatoms. The minimum atomic E-state index is -4.32. The number of aromatic nitrogens is 1. The van der Waals surface area contributed by atoms with Gasteiger partial charge in [-0.25, -0.2) is 0 Å². The number of hydrogen-bond acceptors (Lipinski definition) is 1. The van der Waals surface area contributed by atoms with Crippen molar-refractivity contribution >= 4 is 10.9 Å². The molecule has 2 aromatic carbocycles. The van der Waals surface area contributed by atoms with Gasteiger partial charge in [0, 0.05) is 35.7 Å². The Labute approximate surface area is 144 Å². The largest absolute Gasteiger partial charge is 0.416 e. The number of H-pyrrole nitrogens is 1. The number of hydrogen-bond donors (Lipinski definition) is 1. The lowest BCUT2D eigenvalue weighted by atomic mass is 9.97. The molecule has 1 aromatic heterocycles. The van der Waals surface area contributed by atoms with Crippen molar-refractivity contribution in [3.8, 4) is 0 Å². The second-order valence-electron chi connectivity index (χ2n) is 6.61. The lowest BCUT2D eigenvalue weighted by Crippen LogP contribution is -2.34. The van der Waals surface area contributed by atoms with Gasteiger partial charge >= 0.3 is 6.18 Å². The molecule has 0 spiro atoms. The maximum atomic E-state index is 13.3. The van der Waals surface area contributed by atoms with Crippen LogP contribution >= 0.6 is 0 Å². The standard InChI is InChI=1S/C20H19F3N2/c1-13-19-16(15-7-3-5-9-18(15)24-19)10-11-25(13)12-14-6-2-4-8-17(14)20(21,22)23/h2-9,13,24H,10-12H2,1H3. The molecule has 2 heterocycles. The van der Waals surface area contributed by atoms with Crippen molar-refractivity contribution in [3.05, 3.63) is 70.9 Å². The molecule has 1 aliphatic rings. The minimum absolute atomic E-state index is 0.0532. The Morgan fingerprint density at radius 1 is 1.08 bits per heavy atom. The average Bonchev–Trinajstić information content (AvgIpc) is 2.96. The maximum absolute atomic E-state index is 13.3. The molecule has 0 fully saturated rings. The van der Waals surface area contributed by atoms with Crippen LogP contribution < -0.4 is 0 Å². The van der Waals surface area contributed by atoms with Crippen molar-refractivity contribution in [2.75, 3.05) is 6.54 Å². The lowest BCUT2D eigenvalue weighted by molar-refractivity contribution is -0.138. The first kappa shape index (κ1) is 16.2. The van der Waals surface area contributed by atoms with E-state index in [0.29, 0.717) is 12.1 Å². The Hall–Kier alpha value is -2.27. The first-order valence-corrected chi connectivity index (χ1v) is 8.44. The van der Waals surface area contributed by atoms with E-state index in [1.54, 1.807) is 12.1 Å². The predicted octanol–water partition coefficient (Wildman–Crippen LogP) is 5.31. The zero-order valence-corrected chi connectivity index (χ0v) is 13.9. The summed E-state index contributed by atoms with van der Waals surface area (Å²) >= 11 is 0. The van der Waals surface area contributed by atoms with Gasteiger partial charge in [-0.1, -0.05) is 36.4 Å². The molecule has 25 heavy (non-hydrogen) atoms. The van der Waals surface area contributed by atoms with Crippen molar-refractivity contribution in [3.63, 3.8) is 0 Å². The number of nitrogens with one attached hydrogen (secondary N) is 1. The van der Waals surface area contributed by atoms with Gasteiger partial charge in [0.2, 0.25) is 0 Å². The van der Waals surface area contributed by atoms with E-state index in [4.69, 9.17) is 0 Å². The van der Waals surface area contributed by atoms with Crippen LogP contribution in [0.15, 0.2) is 48.5 Å². The summed E-state index contributed by atoms with van der Waals surface area (Å²) in [4.78, 5) is 5.58. The van der Waals surface area contributed by atoms with Crippen molar-refractivity contribution in [2.24, 2.45) is 0 Å². The molecule has 0 saturated carbocycles. The van der Waals surface area contributed by atoms with Gasteiger partial charge < -0.3 is 4.98 Å². The molecular formula is C20H19F3N2. The highest BCUT2D eigenvalue weighted by molar-refractivity contribution is 5.85. The van der Waals surface area contributed by atoms with E-state index in [-0.39, 0.29) is 6.04 Å². The van der Waals surface area contributed by atoms with Crippen LogP contribution in [0.25, 0.3) is 10.9 Å². The molecule has 130 valence electrons. The van der Waals surface area contributed by atoms with E-state index < -0.39 is 11.7 Å². The first-order chi connectivity index (χ1) is 11.9. The minimum Gasteiger partial charge on any atom is -0.357 e. The Balaban J connectivity index is 1.66. The molecule has 1 atom stereocenters. The number of halogens is 3. The van der Waals surface area contributed by atoms with Crippen molar-refractivity contribution in [1.29, 1.82) is 0 Å². The van der Waals surface area contributed by atoms with Crippen LogP contribution in [-0.2, 0) is 19.1 Å². The van der Waals surface area contributed by atoms with Gasteiger partial charge in [-0.05, 0) is 36.6 Å². The molecule has 0 bridgehead atoms. The molecule has 1 aliphatic heterocycles. The monoisotopic (exact) mass is 344 g/mol. The van der Waals surface area contributed by atoms with Gasteiger partial charge in [0.1, 0.15) is 0 Å². The summed E-state index contributed by atoms with van der Waals surface area (Å²) in [6.07, 6.45) is -3.47. The number of fused-ring (bicyclic) bond motifs is 3. The molecule has 1 unspecified atom stereocenters. The van der Waals surface area contributed by atoms with Gasteiger partial charge in [-0.2, -0.15) is 13.2 Å². The summed E-state index contributed by atoms with van der Waals surface area (Å²) in [6.45, 7) is 3.11. The third-order valence-electron chi connectivity index (χ3n) is 5.16. The topological polar surface area (TPSA) is 19.0 Å². The number of benzene rings is 2. The predicted molar refractivity (Wildman–Crippen MR) is 92.3 cm³/mol. The highest BCUT2D eigenvalue weighted by Crippen LogP contribution is 2.37. The smallest absolute Gasteiger partial charge is 0.357 e. The number of nitrogens with zero attached hydrogens (tertiary/aromatic N) is 1. The second-order valence-corrected chi connectivity index (χ2v) is 6.61. The van der Waals surface area contributed by atoms with Crippen molar-refractivity contribution in [2.45, 2.75) is 32.1 Å². The second kappa shape index (κ2) is 5.92. The van der Waals surface area contributed by atoms with E-state index in [9.17, 15) is 13.2 Å². The normalized spacial score (nSPS) is 18.5. The number of rotatable bonds is 2. The lowest BCUT2D eigenvalue weighted by Gasteiger charge is -2.34. The van der Waals surface area contributed by atoms with Crippen LogP contribution in [0.4, 0.5) is 13.2 Å². The molecule has 4 rings (SSSR count). The fourth-order valence-corrected chi connectivity index (χ4v) is 3.85. The van der Waals surface area contributed by atoms with Gasteiger partial charge in [-0.15, -0.1) is 0 Å². The summed E-state index contributed by atoms with van der Waals surface area (Å²) in [6, 6.07) is 14.1. The Morgan fingerprint density at radius 3 is 2.60 bits per heavy atom. The zero-order chi connectivity index (χ0) is 17.6. The fourth-order valence-electron chi connectivity index (χ4n) is 3.85. The van der Waals surface area contributed by atoms with E-state index in [1.807, 2.05) is 18.2 Å². The van der Waals surface area contributed by atoms with Crippen LogP contribution in [0.2, 0.25) is 0 Å². The summed E-state index contributed by atoms with van der Waals surface area (Å²) < 4.78 is 39.8. The molecular weight excluding hydrogens is 325 g/mol. The van der Waals surface area contributed by atoms with E-state index in [1.165, 1.54) is 17.0 Å². The molecule has 2 nitrogen and oxygen atoms in total. The van der Waals surface area contributed by atoms with Gasteiger partial charge in [-0.3, -0.25) is 4.90 Å². The zero-order valence-electron chi connectivity index (χ0n) is 13.9. The van der Waals surface area contributed by atoms with Crippen LogP contribution in [0.1, 0.15) is 35.3 Å². The Kier molecular flexibility index (Phi) is 3.84. The van der Waals surface area contributed by atoms with Gasteiger partial charge in [0.05, 0.1) is 5.56 Å². The van der Waals surface area contributed by atoms with Gasteiger partial charge in [0.15, 0.2) is 0 Å². The number of alkyl halides is 3. The maximum Gasteiger partial charge on any atom is 0.416 e. The fraction of sp³-hybridized carbons (Fsp3) is 0.300. The Morgan fingerprint density at radius 2 is 1.80 bits per heavy atom. The van der Waals surface area contributed by atoms with E-state index in [2.05, 4.69) is 22.9 Å². The molecule has 0 radical (unpaired) electrons. The summed E-state index contributed by atoms with van der Waals surface area (Å²) in [7, 11) is 0. The highest BCUT2D eigenvalue weighted by atomic mass is 19.4. The summed E-state index contributed by atoms with van der Waals surface area (Å²) in [5.74, 6) is 0. The average molecular weight is 344 g/mol. The third kappa shape index (κ3) is 2.82. The molecule has 0 amide bonds. The van der Waals surface area contributed by atoms with Crippen LogP contribution in [0.3, 0.4) is 0 Å². The number of aromatic amines is 1. The first-order valence-electron chi connectivity index (χ1n) is 8.44. The summed E-state index contributed by atoms with van der Waals surface area (Å²) in [5, 5.41) is 1.22.